The second kappa shape index (κ2) is 8.14. The van der Waals surface area contributed by atoms with Crippen LogP contribution in [0.15, 0.2) is 48.6 Å². The molecule has 0 fully saturated rings. The SMILES string of the molecule is CCC(SC)c1cc(Cl)cc(C2=C(NC)OC(c3cccnc3)C2=O)c1. The van der Waals surface area contributed by atoms with Crippen LogP contribution in [0.1, 0.15) is 41.4 Å². The van der Waals surface area contributed by atoms with Crippen molar-refractivity contribution in [2.75, 3.05) is 13.3 Å². The van der Waals surface area contributed by atoms with Gasteiger partial charge in [0.05, 0.1) is 5.57 Å². The van der Waals surface area contributed by atoms with Gasteiger partial charge < -0.3 is 10.1 Å². The smallest absolute Gasteiger partial charge is 0.214 e. The van der Waals surface area contributed by atoms with Crippen LogP contribution in [0.25, 0.3) is 5.57 Å². The van der Waals surface area contributed by atoms with Crippen LogP contribution < -0.4 is 5.32 Å². The van der Waals surface area contributed by atoms with E-state index in [4.69, 9.17) is 16.3 Å². The van der Waals surface area contributed by atoms with Gasteiger partial charge >= 0.3 is 0 Å². The number of nitrogens with one attached hydrogen (secondary N) is 1. The van der Waals surface area contributed by atoms with Crippen LogP contribution in [0.3, 0.4) is 0 Å². The van der Waals surface area contributed by atoms with Gasteiger partial charge in [0.25, 0.3) is 0 Å². The zero-order valence-electron chi connectivity index (χ0n) is 15.0. The number of aromatic nitrogens is 1. The minimum atomic E-state index is -0.689. The maximum atomic E-state index is 13.1. The summed E-state index contributed by atoms with van der Waals surface area (Å²) in [6, 6.07) is 9.46. The van der Waals surface area contributed by atoms with Crippen molar-refractivity contribution in [3.63, 3.8) is 0 Å². The Balaban J connectivity index is 2.03. The second-order valence-electron chi connectivity index (χ2n) is 6.01. The van der Waals surface area contributed by atoms with E-state index >= 15 is 0 Å². The fourth-order valence-electron chi connectivity index (χ4n) is 3.16. The molecule has 1 aromatic heterocycles. The van der Waals surface area contributed by atoms with Crippen LogP contribution in [0.2, 0.25) is 5.02 Å². The molecule has 6 heteroatoms. The minimum Gasteiger partial charge on any atom is -0.462 e. The lowest BCUT2D eigenvalue weighted by Crippen LogP contribution is -2.10. The number of thioether (sulfide) groups is 1. The summed E-state index contributed by atoms with van der Waals surface area (Å²) in [5, 5.41) is 3.95. The van der Waals surface area contributed by atoms with Crippen molar-refractivity contribution in [1.82, 2.24) is 10.3 Å². The summed E-state index contributed by atoms with van der Waals surface area (Å²) < 4.78 is 5.90. The van der Waals surface area contributed by atoms with E-state index in [2.05, 4.69) is 23.5 Å². The number of rotatable bonds is 6. The molecule has 0 bridgehead atoms. The first-order chi connectivity index (χ1) is 12.6. The Hall–Kier alpha value is -1.98. The number of carbonyl (C=O) groups excluding carboxylic acids is 1. The van der Waals surface area contributed by atoms with Crippen LogP contribution in [0.5, 0.6) is 0 Å². The van der Waals surface area contributed by atoms with E-state index in [1.54, 1.807) is 37.3 Å². The zero-order chi connectivity index (χ0) is 18.7. The maximum absolute atomic E-state index is 13.1. The number of ketones is 1. The van der Waals surface area contributed by atoms with Gasteiger partial charge in [-0.15, -0.1) is 0 Å². The van der Waals surface area contributed by atoms with Crippen molar-refractivity contribution in [2.45, 2.75) is 24.7 Å². The molecular weight excluding hydrogens is 368 g/mol. The Labute approximate surface area is 163 Å². The molecule has 2 heterocycles. The quantitative estimate of drug-likeness (QED) is 0.771. The fraction of sp³-hybridized carbons (Fsp3) is 0.300. The first-order valence-corrected chi connectivity index (χ1v) is 10.1. The molecule has 1 aliphatic rings. The van der Waals surface area contributed by atoms with Gasteiger partial charge in [0.1, 0.15) is 0 Å². The molecule has 0 amide bonds. The Morgan fingerprint density at radius 3 is 2.81 bits per heavy atom. The van der Waals surface area contributed by atoms with Gasteiger partial charge in [0, 0.05) is 35.3 Å². The summed E-state index contributed by atoms with van der Waals surface area (Å²) in [7, 11) is 1.75. The molecule has 1 N–H and O–H groups in total. The molecule has 26 heavy (non-hydrogen) atoms. The highest BCUT2D eigenvalue weighted by atomic mass is 35.5. The fourth-order valence-corrected chi connectivity index (χ4v) is 4.15. The Bertz CT molecular complexity index is 835. The van der Waals surface area contributed by atoms with Gasteiger partial charge in [-0.1, -0.05) is 24.6 Å². The average Bonchev–Trinajstić information content (AvgIpc) is 2.99. The number of hydrogen-bond acceptors (Lipinski definition) is 5. The van der Waals surface area contributed by atoms with E-state index in [1.807, 2.05) is 24.3 Å². The van der Waals surface area contributed by atoms with Gasteiger partial charge in [-0.2, -0.15) is 11.8 Å². The van der Waals surface area contributed by atoms with Crippen molar-refractivity contribution in [2.24, 2.45) is 0 Å². The third-order valence-corrected chi connectivity index (χ3v) is 5.79. The van der Waals surface area contributed by atoms with Crippen LogP contribution in [-0.4, -0.2) is 24.1 Å². The molecule has 2 unspecified atom stereocenters. The molecule has 4 nitrogen and oxygen atoms in total. The first-order valence-electron chi connectivity index (χ1n) is 8.45. The Kier molecular flexibility index (Phi) is 5.89. The van der Waals surface area contributed by atoms with E-state index in [-0.39, 0.29) is 5.78 Å². The third kappa shape index (κ3) is 3.60. The molecule has 136 valence electrons. The van der Waals surface area contributed by atoms with Gasteiger partial charge in [-0.3, -0.25) is 9.78 Å². The van der Waals surface area contributed by atoms with Crippen molar-refractivity contribution in [3.05, 3.63) is 70.3 Å². The molecule has 2 aromatic rings. The predicted molar refractivity (Wildman–Crippen MR) is 107 cm³/mol. The molecule has 1 aliphatic heterocycles. The summed E-state index contributed by atoms with van der Waals surface area (Å²) in [5.74, 6) is 0.377. The van der Waals surface area contributed by atoms with E-state index in [1.165, 1.54) is 0 Å². The normalized spacial score (nSPS) is 18.0. The number of pyridine rings is 1. The molecular formula is C20H21ClN2O2S. The molecule has 0 radical (unpaired) electrons. The number of benzene rings is 1. The molecule has 1 aromatic carbocycles. The molecule has 2 atom stereocenters. The predicted octanol–water partition coefficient (Wildman–Crippen LogP) is 4.78. The zero-order valence-corrected chi connectivity index (χ0v) is 16.5. The monoisotopic (exact) mass is 388 g/mol. The van der Waals surface area contributed by atoms with Crippen LogP contribution >= 0.6 is 23.4 Å². The van der Waals surface area contributed by atoms with E-state index < -0.39 is 6.10 Å². The largest absolute Gasteiger partial charge is 0.462 e. The summed E-state index contributed by atoms with van der Waals surface area (Å²) in [6.45, 7) is 2.14. The molecule has 0 spiro atoms. The minimum absolute atomic E-state index is 0.0900. The number of Topliss-reactive ketones (excluding diaryl/α,β-unsaturated/α-hetero) is 1. The van der Waals surface area contributed by atoms with Crippen LogP contribution in [0, 0.1) is 0 Å². The number of carbonyl (C=O) groups is 1. The molecule has 3 rings (SSSR count). The highest BCUT2D eigenvalue weighted by molar-refractivity contribution is 7.98. The first kappa shape index (κ1) is 18.8. The lowest BCUT2D eigenvalue weighted by molar-refractivity contribution is -0.120. The third-order valence-electron chi connectivity index (χ3n) is 4.40. The summed E-state index contributed by atoms with van der Waals surface area (Å²) in [6.07, 6.45) is 5.71. The summed E-state index contributed by atoms with van der Waals surface area (Å²) >= 11 is 8.14. The Morgan fingerprint density at radius 1 is 1.38 bits per heavy atom. The highest BCUT2D eigenvalue weighted by Gasteiger charge is 2.37. The lowest BCUT2D eigenvalue weighted by atomic mass is 9.95. The highest BCUT2D eigenvalue weighted by Crippen LogP contribution is 2.39. The van der Waals surface area contributed by atoms with Crippen molar-refractivity contribution in [3.8, 4) is 0 Å². The van der Waals surface area contributed by atoms with Gasteiger partial charge in [0.2, 0.25) is 5.78 Å². The number of halogens is 1. The van der Waals surface area contributed by atoms with Gasteiger partial charge in [0.15, 0.2) is 12.0 Å². The molecule has 0 aliphatic carbocycles. The maximum Gasteiger partial charge on any atom is 0.214 e. The number of ether oxygens (including phenoxy) is 1. The van der Waals surface area contributed by atoms with Crippen molar-refractivity contribution in [1.29, 1.82) is 0 Å². The van der Waals surface area contributed by atoms with Gasteiger partial charge in [-0.05, 0) is 48.1 Å². The molecule has 0 saturated heterocycles. The summed E-state index contributed by atoms with van der Waals surface area (Å²) in [5.41, 5.74) is 3.16. The average molecular weight is 389 g/mol. The number of nitrogens with zero attached hydrogens (tertiary/aromatic N) is 1. The van der Waals surface area contributed by atoms with E-state index in [9.17, 15) is 4.79 Å². The topological polar surface area (TPSA) is 51.2 Å². The second-order valence-corrected chi connectivity index (χ2v) is 7.49. The van der Waals surface area contributed by atoms with Crippen LogP contribution in [-0.2, 0) is 9.53 Å². The van der Waals surface area contributed by atoms with Crippen LogP contribution in [0.4, 0.5) is 0 Å². The van der Waals surface area contributed by atoms with E-state index in [0.717, 1.165) is 23.1 Å². The summed E-state index contributed by atoms with van der Waals surface area (Å²) in [4.78, 5) is 17.2. The van der Waals surface area contributed by atoms with Crippen molar-refractivity contribution < 1.29 is 9.53 Å². The Morgan fingerprint density at radius 2 is 2.19 bits per heavy atom. The standard InChI is InChI=1S/C20H21ClN2O2S/c1-4-16(26-3)13-8-14(10-15(21)9-13)17-18(24)19(25-20(17)22-2)12-6-5-7-23-11-12/h5-11,16,19,22H,4H2,1-3H3. The lowest BCUT2D eigenvalue weighted by Gasteiger charge is -2.15. The van der Waals surface area contributed by atoms with Gasteiger partial charge in [-0.25, -0.2) is 0 Å². The van der Waals surface area contributed by atoms with E-state index in [0.29, 0.717) is 21.7 Å². The molecule has 0 saturated carbocycles. The number of hydrogen-bond donors (Lipinski definition) is 1. The van der Waals surface area contributed by atoms with Crippen molar-refractivity contribution >= 4 is 34.7 Å².